The number of methoxy groups -OCH3 is 1. The Balaban J connectivity index is 1.43. The standard InChI is InChI=1S/C24H27N3O2/c1-29-22-11-9-20(10-12-22)23(26-13-5-6-14-26)19-24(28)27-17-15-25(16-18-27)21-7-3-2-4-8-21/h2-14,23H,15-19H2,1H3. The van der Waals surface area contributed by atoms with Crippen LogP contribution in [0.5, 0.6) is 5.75 Å². The van der Waals surface area contributed by atoms with Gasteiger partial charge in [-0.25, -0.2) is 0 Å². The molecule has 0 N–H and O–H groups in total. The fourth-order valence-electron chi connectivity index (χ4n) is 3.92. The lowest BCUT2D eigenvalue weighted by Gasteiger charge is -2.36. The number of benzene rings is 2. The van der Waals surface area contributed by atoms with Crippen LogP contribution in [0.1, 0.15) is 18.0 Å². The molecule has 0 saturated carbocycles. The van der Waals surface area contributed by atoms with Gasteiger partial charge in [-0.15, -0.1) is 0 Å². The number of ether oxygens (including phenoxy) is 1. The van der Waals surface area contributed by atoms with E-state index in [1.54, 1.807) is 7.11 Å². The molecular formula is C24H27N3O2. The highest BCUT2D eigenvalue weighted by molar-refractivity contribution is 5.77. The van der Waals surface area contributed by atoms with E-state index in [0.717, 1.165) is 37.5 Å². The Morgan fingerprint density at radius 1 is 0.897 bits per heavy atom. The average Bonchev–Trinajstić information content (AvgIpc) is 3.33. The van der Waals surface area contributed by atoms with Crippen molar-refractivity contribution >= 4 is 11.6 Å². The number of aromatic nitrogens is 1. The monoisotopic (exact) mass is 389 g/mol. The molecule has 29 heavy (non-hydrogen) atoms. The molecule has 1 amide bonds. The molecule has 2 aromatic carbocycles. The van der Waals surface area contributed by atoms with E-state index in [-0.39, 0.29) is 11.9 Å². The highest BCUT2D eigenvalue weighted by Crippen LogP contribution is 2.26. The van der Waals surface area contributed by atoms with Crippen LogP contribution in [0.4, 0.5) is 5.69 Å². The zero-order valence-electron chi connectivity index (χ0n) is 16.8. The third-order valence-electron chi connectivity index (χ3n) is 5.61. The van der Waals surface area contributed by atoms with Crippen LogP contribution in [-0.4, -0.2) is 48.7 Å². The minimum Gasteiger partial charge on any atom is -0.497 e. The summed E-state index contributed by atoms with van der Waals surface area (Å²) in [6.45, 7) is 3.25. The van der Waals surface area contributed by atoms with Crippen LogP contribution in [0.15, 0.2) is 79.1 Å². The van der Waals surface area contributed by atoms with Crippen molar-refractivity contribution in [2.24, 2.45) is 0 Å². The van der Waals surface area contributed by atoms with Crippen LogP contribution in [0.3, 0.4) is 0 Å². The van der Waals surface area contributed by atoms with Gasteiger partial charge in [-0.2, -0.15) is 0 Å². The number of amides is 1. The Bertz CT molecular complexity index is 899. The molecule has 1 aliphatic heterocycles. The van der Waals surface area contributed by atoms with Crippen LogP contribution < -0.4 is 9.64 Å². The number of para-hydroxylation sites is 1. The Labute approximate surface area is 172 Å². The van der Waals surface area contributed by atoms with Crippen LogP contribution in [0, 0.1) is 0 Å². The van der Waals surface area contributed by atoms with Crippen LogP contribution in [0.2, 0.25) is 0 Å². The molecule has 1 saturated heterocycles. The van der Waals surface area contributed by atoms with Gasteiger partial charge in [0.05, 0.1) is 19.6 Å². The average molecular weight is 389 g/mol. The molecule has 1 atom stereocenters. The highest BCUT2D eigenvalue weighted by Gasteiger charge is 2.25. The van der Waals surface area contributed by atoms with E-state index in [2.05, 4.69) is 33.7 Å². The molecule has 0 aliphatic carbocycles. The lowest BCUT2D eigenvalue weighted by molar-refractivity contribution is -0.132. The molecule has 0 bridgehead atoms. The van der Waals surface area contributed by atoms with Gasteiger partial charge >= 0.3 is 0 Å². The van der Waals surface area contributed by atoms with E-state index in [1.165, 1.54) is 5.69 Å². The molecule has 3 aromatic rings. The van der Waals surface area contributed by atoms with Crippen molar-refractivity contribution in [3.63, 3.8) is 0 Å². The summed E-state index contributed by atoms with van der Waals surface area (Å²) >= 11 is 0. The van der Waals surface area contributed by atoms with E-state index in [9.17, 15) is 4.79 Å². The topological polar surface area (TPSA) is 37.7 Å². The van der Waals surface area contributed by atoms with Gasteiger partial charge in [-0.05, 0) is 42.0 Å². The van der Waals surface area contributed by atoms with Crippen molar-refractivity contribution in [3.05, 3.63) is 84.7 Å². The highest BCUT2D eigenvalue weighted by atomic mass is 16.5. The molecule has 4 rings (SSSR count). The maximum atomic E-state index is 13.1. The third-order valence-corrected chi connectivity index (χ3v) is 5.61. The summed E-state index contributed by atoms with van der Waals surface area (Å²) in [7, 11) is 1.66. The predicted molar refractivity (Wildman–Crippen MR) is 115 cm³/mol. The third kappa shape index (κ3) is 4.45. The first kappa shape index (κ1) is 19.1. The van der Waals surface area contributed by atoms with Gasteiger partial charge in [0, 0.05) is 44.3 Å². The number of carbonyl (C=O) groups excluding carboxylic acids is 1. The zero-order valence-corrected chi connectivity index (χ0v) is 16.8. The van der Waals surface area contributed by atoms with Gasteiger partial charge in [-0.3, -0.25) is 4.79 Å². The summed E-state index contributed by atoms with van der Waals surface area (Å²) < 4.78 is 7.39. The molecule has 2 heterocycles. The second kappa shape index (κ2) is 8.86. The largest absolute Gasteiger partial charge is 0.497 e. The summed E-state index contributed by atoms with van der Waals surface area (Å²) in [5.74, 6) is 1.02. The first-order valence-corrected chi connectivity index (χ1v) is 10.1. The second-order valence-corrected chi connectivity index (χ2v) is 7.33. The number of piperazine rings is 1. The van der Waals surface area contributed by atoms with Crippen LogP contribution in [0.25, 0.3) is 0 Å². The first-order chi connectivity index (χ1) is 14.2. The van der Waals surface area contributed by atoms with Gasteiger partial charge in [-0.1, -0.05) is 30.3 Å². The maximum absolute atomic E-state index is 13.1. The second-order valence-electron chi connectivity index (χ2n) is 7.33. The molecule has 1 unspecified atom stereocenters. The maximum Gasteiger partial charge on any atom is 0.225 e. The fourth-order valence-corrected chi connectivity index (χ4v) is 3.92. The van der Waals surface area contributed by atoms with Gasteiger partial charge < -0.3 is 19.1 Å². The SMILES string of the molecule is COc1ccc(C(CC(=O)N2CCN(c3ccccc3)CC2)n2cccc2)cc1. The van der Waals surface area contributed by atoms with E-state index >= 15 is 0 Å². The minimum absolute atomic E-state index is 0.0180. The Kier molecular flexibility index (Phi) is 5.84. The van der Waals surface area contributed by atoms with Crippen LogP contribution >= 0.6 is 0 Å². The summed E-state index contributed by atoms with van der Waals surface area (Å²) in [6, 6.07) is 22.4. The lowest BCUT2D eigenvalue weighted by Crippen LogP contribution is -2.49. The minimum atomic E-state index is -0.0180. The van der Waals surface area contributed by atoms with E-state index in [0.29, 0.717) is 6.42 Å². The van der Waals surface area contributed by atoms with Crippen LogP contribution in [-0.2, 0) is 4.79 Å². The molecule has 1 fully saturated rings. The number of hydrogen-bond acceptors (Lipinski definition) is 3. The van der Waals surface area contributed by atoms with Gasteiger partial charge in [0.1, 0.15) is 5.75 Å². The van der Waals surface area contributed by atoms with Crippen molar-refractivity contribution in [2.45, 2.75) is 12.5 Å². The number of carbonyl (C=O) groups is 1. The summed E-state index contributed by atoms with van der Waals surface area (Å²) in [6.07, 6.45) is 4.50. The van der Waals surface area contributed by atoms with E-state index in [4.69, 9.17) is 4.74 Å². The lowest BCUT2D eigenvalue weighted by atomic mass is 10.0. The van der Waals surface area contributed by atoms with Crippen molar-refractivity contribution in [1.82, 2.24) is 9.47 Å². The normalized spacial score (nSPS) is 15.2. The van der Waals surface area contributed by atoms with Gasteiger partial charge in [0.2, 0.25) is 5.91 Å². The van der Waals surface area contributed by atoms with Crippen molar-refractivity contribution < 1.29 is 9.53 Å². The van der Waals surface area contributed by atoms with Crippen molar-refractivity contribution in [1.29, 1.82) is 0 Å². The summed E-state index contributed by atoms with van der Waals surface area (Å²) in [5.41, 5.74) is 2.33. The predicted octanol–water partition coefficient (Wildman–Crippen LogP) is 3.83. The molecule has 0 radical (unpaired) electrons. The number of anilines is 1. The summed E-state index contributed by atoms with van der Waals surface area (Å²) in [5, 5.41) is 0. The van der Waals surface area contributed by atoms with Gasteiger partial charge in [0.15, 0.2) is 0 Å². The molecule has 5 nitrogen and oxygen atoms in total. The van der Waals surface area contributed by atoms with E-state index < -0.39 is 0 Å². The molecule has 150 valence electrons. The smallest absolute Gasteiger partial charge is 0.225 e. The zero-order chi connectivity index (χ0) is 20.1. The molecule has 1 aliphatic rings. The molecule has 0 spiro atoms. The Hall–Kier alpha value is -3.21. The van der Waals surface area contributed by atoms with E-state index in [1.807, 2.05) is 59.8 Å². The summed E-state index contributed by atoms with van der Waals surface area (Å²) in [4.78, 5) is 17.5. The fraction of sp³-hybridized carbons (Fsp3) is 0.292. The Morgan fingerprint density at radius 2 is 1.55 bits per heavy atom. The quantitative estimate of drug-likeness (QED) is 0.643. The van der Waals surface area contributed by atoms with Crippen molar-refractivity contribution in [2.75, 3.05) is 38.2 Å². The number of hydrogen-bond donors (Lipinski definition) is 0. The first-order valence-electron chi connectivity index (χ1n) is 10.1. The molecular weight excluding hydrogens is 362 g/mol. The van der Waals surface area contributed by atoms with Crippen molar-refractivity contribution in [3.8, 4) is 5.75 Å². The molecule has 5 heteroatoms. The number of rotatable bonds is 6. The number of nitrogens with zero attached hydrogens (tertiary/aromatic N) is 3. The molecule has 1 aromatic heterocycles. The Morgan fingerprint density at radius 3 is 2.17 bits per heavy atom. The van der Waals surface area contributed by atoms with Gasteiger partial charge in [0.25, 0.3) is 0 Å².